The number of thiocarbonyl (C=S) groups is 1. The van der Waals surface area contributed by atoms with Crippen molar-refractivity contribution >= 4 is 34.6 Å². The number of nitro benzene ring substituents is 1. The van der Waals surface area contributed by atoms with Crippen LogP contribution in [-0.2, 0) is 4.79 Å². The fourth-order valence-corrected chi connectivity index (χ4v) is 2.97. The maximum Gasteiger partial charge on any atom is 0.269 e. The Labute approximate surface area is 154 Å². The summed E-state index contributed by atoms with van der Waals surface area (Å²) in [6.07, 6.45) is 3.14. The molecule has 0 bridgehead atoms. The number of non-ortho nitro benzene ring substituents is 1. The van der Waals surface area contributed by atoms with Crippen LogP contribution >= 0.6 is 12.2 Å². The molecule has 26 heavy (non-hydrogen) atoms. The van der Waals surface area contributed by atoms with Gasteiger partial charge in [-0.15, -0.1) is 0 Å². The number of hydrogen-bond acceptors (Lipinski definition) is 5. The summed E-state index contributed by atoms with van der Waals surface area (Å²) >= 11 is 5.18. The minimum Gasteiger partial charge on any atom is -0.351 e. The molecule has 0 fully saturated rings. The van der Waals surface area contributed by atoms with E-state index in [0.29, 0.717) is 27.6 Å². The van der Waals surface area contributed by atoms with Crippen molar-refractivity contribution in [1.29, 1.82) is 0 Å². The molecule has 0 radical (unpaired) electrons. The summed E-state index contributed by atoms with van der Waals surface area (Å²) in [5, 5.41) is 20.1. The zero-order chi connectivity index (χ0) is 18.7. The number of amides is 1. The summed E-state index contributed by atoms with van der Waals surface area (Å²) in [5.41, 5.74) is 2.02. The molecule has 1 aliphatic heterocycles. The molecule has 1 atom stereocenters. The normalized spacial score (nSPS) is 16.5. The molecule has 1 amide bonds. The Kier molecular flexibility index (Phi) is 4.90. The SMILES string of the molecule is CC1=C(C(=O)Nc2cccnc2)C(c2cccc([N+](=O)[O-])c2)NC(=S)N1. The first-order chi connectivity index (χ1) is 12.5. The Balaban J connectivity index is 1.98. The fraction of sp³-hybridized carbons (Fsp3) is 0.118. The molecule has 1 unspecified atom stereocenters. The summed E-state index contributed by atoms with van der Waals surface area (Å²) in [5.74, 6) is -0.352. The Morgan fingerprint density at radius 2 is 2.15 bits per heavy atom. The van der Waals surface area contributed by atoms with Gasteiger partial charge in [-0.05, 0) is 36.8 Å². The maximum absolute atomic E-state index is 12.8. The standard InChI is InChI=1S/C17H15N5O3S/c1-10-14(16(23)20-12-5-3-7-18-9-12)15(21-17(26)19-10)11-4-2-6-13(8-11)22(24)25/h2-9,15H,1H3,(H,20,23)(H2,19,21,26). The number of nitrogens with one attached hydrogen (secondary N) is 3. The van der Waals surface area contributed by atoms with Gasteiger partial charge in [0.15, 0.2) is 5.11 Å². The molecule has 3 N–H and O–H groups in total. The van der Waals surface area contributed by atoms with Crippen molar-refractivity contribution in [2.75, 3.05) is 5.32 Å². The highest BCUT2D eigenvalue weighted by Gasteiger charge is 2.30. The van der Waals surface area contributed by atoms with Gasteiger partial charge in [-0.3, -0.25) is 19.9 Å². The first-order valence-corrected chi connectivity index (χ1v) is 8.10. The highest BCUT2D eigenvalue weighted by atomic mass is 32.1. The number of anilines is 1. The van der Waals surface area contributed by atoms with Crippen LogP contribution in [0.15, 0.2) is 60.1 Å². The minimum atomic E-state index is -0.611. The largest absolute Gasteiger partial charge is 0.351 e. The van der Waals surface area contributed by atoms with Gasteiger partial charge in [-0.1, -0.05) is 12.1 Å². The predicted molar refractivity (Wildman–Crippen MR) is 100 cm³/mol. The van der Waals surface area contributed by atoms with Crippen molar-refractivity contribution in [3.8, 4) is 0 Å². The fourth-order valence-electron chi connectivity index (χ4n) is 2.70. The average molecular weight is 369 g/mol. The van der Waals surface area contributed by atoms with Crippen molar-refractivity contribution in [3.63, 3.8) is 0 Å². The number of rotatable bonds is 4. The lowest BCUT2D eigenvalue weighted by atomic mass is 9.94. The van der Waals surface area contributed by atoms with Crippen LogP contribution in [0.1, 0.15) is 18.5 Å². The van der Waals surface area contributed by atoms with E-state index in [2.05, 4.69) is 20.9 Å². The first-order valence-electron chi connectivity index (χ1n) is 7.69. The second kappa shape index (κ2) is 7.28. The molecule has 1 aromatic carbocycles. The van der Waals surface area contributed by atoms with Gasteiger partial charge in [0.2, 0.25) is 0 Å². The quantitative estimate of drug-likeness (QED) is 0.431. The second-order valence-corrected chi connectivity index (χ2v) is 6.03. The van der Waals surface area contributed by atoms with Gasteiger partial charge >= 0.3 is 0 Å². The third-order valence-electron chi connectivity index (χ3n) is 3.85. The highest BCUT2D eigenvalue weighted by Crippen LogP contribution is 2.29. The van der Waals surface area contributed by atoms with Gasteiger partial charge in [0.1, 0.15) is 0 Å². The van der Waals surface area contributed by atoms with E-state index in [1.54, 1.807) is 37.4 Å². The van der Waals surface area contributed by atoms with E-state index in [-0.39, 0.29) is 11.6 Å². The third-order valence-corrected chi connectivity index (χ3v) is 4.07. The predicted octanol–water partition coefficient (Wildman–Crippen LogP) is 2.42. The van der Waals surface area contributed by atoms with E-state index in [0.717, 1.165) is 0 Å². The zero-order valence-corrected chi connectivity index (χ0v) is 14.5. The van der Waals surface area contributed by atoms with Crippen LogP contribution in [0.2, 0.25) is 0 Å². The number of carbonyl (C=O) groups is 1. The van der Waals surface area contributed by atoms with E-state index in [9.17, 15) is 14.9 Å². The topological polar surface area (TPSA) is 109 Å². The van der Waals surface area contributed by atoms with Crippen molar-refractivity contribution in [1.82, 2.24) is 15.6 Å². The molecule has 132 valence electrons. The van der Waals surface area contributed by atoms with Crippen molar-refractivity contribution < 1.29 is 9.72 Å². The van der Waals surface area contributed by atoms with Crippen LogP contribution in [0.3, 0.4) is 0 Å². The molecular weight excluding hydrogens is 354 g/mol. The lowest BCUT2D eigenvalue weighted by Crippen LogP contribution is -2.45. The summed E-state index contributed by atoms with van der Waals surface area (Å²) in [4.78, 5) is 27.4. The Morgan fingerprint density at radius 3 is 2.85 bits per heavy atom. The van der Waals surface area contributed by atoms with Gasteiger partial charge in [-0.2, -0.15) is 0 Å². The van der Waals surface area contributed by atoms with Gasteiger partial charge in [0.25, 0.3) is 11.6 Å². The molecular formula is C17H15N5O3S. The lowest BCUT2D eigenvalue weighted by Gasteiger charge is -2.30. The molecule has 0 saturated carbocycles. The number of nitrogens with zero attached hydrogens (tertiary/aromatic N) is 2. The van der Waals surface area contributed by atoms with Crippen LogP contribution in [-0.4, -0.2) is 20.9 Å². The molecule has 2 aromatic rings. The summed E-state index contributed by atoms with van der Waals surface area (Å²) in [6, 6.07) is 8.93. The van der Waals surface area contributed by atoms with Crippen molar-refractivity contribution in [2.45, 2.75) is 13.0 Å². The van der Waals surface area contributed by atoms with Crippen LogP contribution in [0.25, 0.3) is 0 Å². The molecule has 1 aromatic heterocycles. The van der Waals surface area contributed by atoms with Gasteiger partial charge in [0, 0.05) is 24.0 Å². The van der Waals surface area contributed by atoms with E-state index >= 15 is 0 Å². The van der Waals surface area contributed by atoms with Crippen LogP contribution < -0.4 is 16.0 Å². The minimum absolute atomic E-state index is 0.0570. The third kappa shape index (κ3) is 3.67. The molecule has 9 heteroatoms. The molecule has 0 spiro atoms. The highest BCUT2D eigenvalue weighted by molar-refractivity contribution is 7.80. The van der Waals surface area contributed by atoms with Crippen LogP contribution in [0.4, 0.5) is 11.4 Å². The van der Waals surface area contributed by atoms with Crippen molar-refractivity contribution in [3.05, 3.63) is 75.7 Å². The van der Waals surface area contributed by atoms with E-state index in [1.807, 2.05) is 0 Å². The van der Waals surface area contributed by atoms with Crippen molar-refractivity contribution in [2.24, 2.45) is 0 Å². The Bertz CT molecular complexity index is 914. The zero-order valence-electron chi connectivity index (χ0n) is 13.7. The number of carbonyl (C=O) groups excluding carboxylic acids is 1. The summed E-state index contributed by atoms with van der Waals surface area (Å²) < 4.78 is 0. The summed E-state index contributed by atoms with van der Waals surface area (Å²) in [7, 11) is 0. The molecule has 2 heterocycles. The monoisotopic (exact) mass is 369 g/mol. The lowest BCUT2D eigenvalue weighted by molar-refractivity contribution is -0.384. The number of nitro groups is 1. The summed E-state index contributed by atoms with van der Waals surface area (Å²) in [6.45, 7) is 1.73. The second-order valence-electron chi connectivity index (χ2n) is 5.62. The molecule has 3 rings (SSSR count). The first kappa shape index (κ1) is 17.5. The molecule has 1 aliphatic rings. The smallest absolute Gasteiger partial charge is 0.269 e. The van der Waals surface area contributed by atoms with E-state index in [4.69, 9.17) is 12.2 Å². The van der Waals surface area contributed by atoms with E-state index in [1.165, 1.54) is 18.3 Å². The van der Waals surface area contributed by atoms with Crippen LogP contribution in [0.5, 0.6) is 0 Å². The van der Waals surface area contributed by atoms with Gasteiger partial charge < -0.3 is 16.0 Å². The Hall–Kier alpha value is -3.33. The van der Waals surface area contributed by atoms with Gasteiger partial charge in [0.05, 0.1) is 28.4 Å². The number of benzene rings is 1. The number of aromatic nitrogens is 1. The number of pyridine rings is 1. The number of hydrogen-bond donors (Lipinski definition) is 3. The molecule has 0 saturated heterocycles. The maximum atomic E-state index is 12.8. The molecule has 0 aliphatic carbocycles. The van der Waals surface area contributed by atoms with Crippen LogP contribution in [0, 0.1) is 10.1 Å². The van der Waals surface area contributed by atoms with E-state index < -0.39 is 11.0 Å². The molecule has 8 nitrogen and oxygen atoms in total. The average Bonchev–Trinajstić information content (AvgIpc) is 2.61. The van der Waals surface area contributed by atoms with Gasteiger partial charge in [-0.25, -0.2) is 0 Å². The number of allylic oxidation sites excluding steroid dienone is 1. The Morgan fingerprint density at radius 1 is 1.35 bits per heavy atom.